The van der Waals surface area contributed by atoms with Crippen molar-refractivity contribution in [1.29, 1.82) is 0 Å². The van der Waals surface area contributed by atoms with Crippen LogP contribution in [0, 0.1) is 0 Å². The third-order valence-electron chi connectivity index (χ3n) is 7.01. The number of nitrogens with zero attached hydrogens (tertiary/aromatic N) is 2. The Hall–Kier alpha value is -2.16. The van der Waals surface area contributed by atoms with Gasteiger partial charge in [-0.2, -0.15) is 0 Å². The lowest BCUT2D eigenvalue weighted by atomic mass is 9.52. The van der Waals surface area contributed by atoms with Crippen molar-refractivity contribution >= 4 is 11.9 Å². The van der Waals surface area contributed by atoms with Gasteiger partial charge in [0.2, 0.25) is 5.91 Å². The number of carbonyl (C=O) groups excluding carboxylic acids is 2. The molecule has 2 bridgehead atoms. The molecule has 2 heterocycles. The molecular weight excluding hydrogens is 372 g/mol. The third-order valence-corrected chi connectivity index (χ3v) is 7.01. The summed E-state index contributed by atoms with van der Waals surface area (Å²) in [5.74, 6) is -0.275. The summed E-state index contributed by atoms with van der Waals surface area (Å²) in [6.07, 6.45) is 1.61. The number of piperidine rings is 1. The minimum Gasteiger partial charge on any atom is -0.508 e. The molecule has 0 unspecified atom stereocenters. The zero-order valence-corrected chi connectivity index (χ0v) is 17.1. The number of fused-ring (bicyclic) bond motifs is 1. The molecule has 4 N–H and O–H groups in total. The summed E-state index contributed by atoms with van der Waals surface area (Å²) < 4.78 is 0. The summed E-state index contributed by atoms with van der Waals surface area (Å²) >= 11 is 0. The van der Waals surface area contributed by atoms with E-state index in [0.717, 1.165) is 30.8 Å². The molecule has 4 rings (SSSR count). The van der Waals surface area contributed by atoms with E-state index in [9.17, 15) is 19.8 Å². The fourth-order valence-electron chi connectivity index (χ4n) is 5.58. The van der Waals surface area contributed by atoms with Crippen molar-refractivity contribution < 1.29 is 19.8 Å². The smallest absolute Gasteiger partial charge is 0.321 e. The lowest BCUT2D eigenvalue weighted by Gasteiger charge is -2.61. The average Bonchev–Trinajstić information content (AvgIpc) is 2.68. The van der Waals surface area contributed by atoms with Crippen molar-refractivity contribution in [3.8, 4) is 5.75 Å². The highest BCUT2D eigenvalue weighted by Gasteiger charge is 2.63. The molecule has 0 spiro atoms. The molecule has 8 nitrogen and oxygen atoms in total. The largest absolute Gasteiger partial charge is 0.508 e. The lowest BCUT2D eigenvalue weighted by molar-refractivity contribution is -0.158. The number of benzene rings is 1. The molecule has 1 aromatic carbocycles. The molecule has 0 aromatic heterocycles. The molecule has 2 saturated heterocycles. The van der Waals surface area contributed by atoms with Gasteiger partial charge in [-0.3, -0.25) is 15.0 Å². The van der Waals surface area contributed by atoms with Crippen LogP contribution in [-0.4, -0.2) is 83.9 Å². The van der Waals surface area contributed by atoms with Gasteiger partial charge in [-0.25, -0.2) is 4.79 Å². The Morgan fingerprint density at radius 3 is 2.83 bits per heavy atom. The molecule has 3 aliphatic rings. The van der Waals surface area contributed by atoms with Gasteiger partial charge in [-0.1, -0.05) is 6.07 Å². The number of aliphatic hydroxyl groups is 1. The van der Waals surface area contributed by atoms with E-state index in [4.69, 9.17) is 0 Å². The Labute approximate surface area is 170 Å². The third kappa shape index (κ3) is 3.29. The van der Waals surface area contributed by atoms with Crippen molar-refractivity contribution in [2.75, 3.05) is 40.3 Å². The van der Waals surface area contributed by atoms with Gasteiger partial charge in [-0.15, -0.1) is 0 Å². The van der Waals surface area contributed by atoms with Gasteiger partial charge >= 0.3 is 6.03 Å². The van der Waals surface area contributed by atoms with Crippen molar-refractivity contribution in [2.24, 2.45) is 0 Å². The highest BCUT2D eigenvalue weighted by Crippen LogP contribution is 2.55. The van der Waals surface area contributed by atoms with E-state index in [2.05, 4.69) is 20.4 Å². The molecule has 0 radical (unpaired) electrons. The number of hydrogen-bond donors (Lipinski definition) is 4. The molecule has 3 atom stereocenters. The maximum absolute atomic E-state index is 12.7. The molecule has 158 valence electrons. The molecule has 2 aliphatic heterocycles. The molecule has 29 heavy (non-hydrogen) atoms. The number of imide groups is 1. The van der Waals surface area contributed by atoms with Gasteiger partial charge in [0.15, 0.2) is 0 Å². The van der Waals surface area contributed by atoms with Crippen molar-refractivity contribution in [1.82, 2.24) is 20.4 Å². The standard InChI is InChI=1S/C21H30N4O4/c1-24(2)9-10-25-8-6-20-13-18(27)23-19(28)22-7-5-21(20,29)17(25)11-14-3-4-15(26)12-16(14)20/h3-4,12,17,26,29H,5-11,13H2,1-2H3,(H2,22,23,27,28)/t17-,20-,21-/m1/s1. The van der Waals surface area contributed by atoms with Gasteiger partial charge in [-0.05, 0) is 63.2 Å². The van der Waals surface area contributed by atoms with Gasteiger partial charge in [0, 0.05) is 37.5 Å². The maximum atomic E-state index is 12.7. The Bertz CT molecular complexity index is 829. The zero-order valence-electron chi connectivity index (χ0n) is 17.1. The number of phenolic OH excluding ortho intramolecular Hbond substituents is 1. The molecule has 0 saturated carbocycles. The highest BCUT2D eigenvalue weighted by molar-refractivity contribution is 5.95. The quantitative estimate of drug-likeness (QED) is 0.575. The van der Waals surface area contributed by atoms with Crippen LogP contribution in [0.5, 0.6) is 5.75 Å². The minimum atomic E-state index is -1.19. The number of phenols is 1. The highest BCUT2D eigenvalue weighted by atomic mass is 16.3. The van der Waals surface area contributed by atoms with Crippen molar-refractivity contribution in [3.63, 3.8) is 0 Å². The summed E-state index contributed by atoms with van der Waals surface area (Å²) in [5.41, 5.74) is -0.131. The summed E-state index contributed by atoms with van der Waals surface area (Å²) in [7, 11) is 4.06. The van der Waals surface area contributed by atoms with Crippen molar-refractivity contribution in [3.05, 3.63) is 29.3 Å². The first kappa shape index (κ1) is 20.1. The normalized spacial score (nSPS) is 32.3. The number of amides is 3. The predicted octanol–water partition coefficient (Wildman–Crippen LogP) is 0.173. The number of rotatable bonds is 3. The van der Waals surface area contributed by atoms with Crippen LogP contribution in [0.25, 0.3) is 0 Å². The number of likely N-dealkylation sites (N-methyl/N-ethyl adjacent to an activating group) is 1. The number of likely N-dealkylation sites (tertiary alicyclic amines) is 1. The van der Waals surface area contributed by atoms with Gasteiger partial charge in [0.1, 0.15) is 5.75 Å². The Morgan fingerprint density at radius 2 is 2.07 bits per heavy atom. The fraction of sp³-hybridized carbons (Fsp3) is 0.619. The van der Waals surface area contributed by atoms with E-state index in [1.807, 2.05) is 20.2 Å². The second-order valence-corrected chi connectivity index (χ2v) is 8.89. The molecule has 8 heteroatoms. The van der Waals surface area contributed by atoms with Crippen LogP contribution in [0.3, 0.4) is 0 Å². The Morgan fingerprint density at radius 1 is 1.28 bits per heavy atom. The van der Waals surface area contributed by atoms with E-state index in [1.54, 1.807) is 12.1 Å². The van der Waals surface area contributed by atoms with E-state index < -0.39 is 23.0 Å². The number of aromatic hydroxyl groups is 1. The number of nitrogens with one attached hydrogen (secondary N) is 2. The lowest BCUT2D eigenvalue weighted by Crippen LogP contribution is -2.72. The molecule has 1 aliphatic carbocycles. The summed E-state index contributed by atoms with van der Waals surface area (Å²) in [5, 5.41) is 27.5. The van der Waals surface area contributed by atoms with E-state index in [-0.39, 0.29) is 24.8 Å². The van der Waals surface area contributed by atoms with Crippen LogP contribution in [0.1, 0.15) is 30.4 Å². The summed E-state index contributed by atoms with van der Waals surface area (Å²) in [6.45, 7) is 2.73. The van der Waals surface area contributed by atoms with Crippen LogP contribution in [-0.2, 0) is 16.6 Å². The monoisotopic (exact) mass is 402 g/mol. The first-order valence-electron chi connectivity index (χ1n) is 10.3. The number of carbonyl (C=O) groups is 2. The molecule has 2 fully saturated rings. The topological polar surface area (TPSA) is 105 Å². The van der Waals surface area contributed by atoms with Crippen LogP contribution >= 0.6 is 0 Å². The Kier molecular flexibility index (Phi) is 5.04. The van der Waals surface area contributed by atoms with Gasteiger partial charge in [0.05, 0.1) is 5.60 Å². The van der Waals surface area contributed by atoms with E-state index in [1.165, 1.54) is 0 Å². The maximum Gasteiger partial charge on any atom is 0.321 e. The van der Waals surface area contributed by atoms with Gasteiger partial charge in [0.25, 0.3) is 0 Å². The zero-order chi connectivity index (χ0) is 20.8. The molecular formula is C21H30N4O4. The molecule has 3 amide bonds. The van der Waals surface area contributed by atoms with Crippen molar-refractivity contribution in [2.45, 2.75) is 42.7 Å². The predicted molar refractivity (Wildman–Crippen MR) is 108 cm³/mol. The Balaban J connectivity index is 1.84. The SMILES string of the molecule is CN(C)CCN1CC[C@]23CC(=O)NC(=O)NCC[C@@]2(O)[C@H]1Cc1ccc(O)cc13. The first-order valence-corrected chi connectivity index (χ1v) is 10.3. The first-order chi connectivity index (χ1) is 13.7. The van der Waals surface area contributed by atoms with Crippen LogP contribution < -0.4 is 10.6 Å². The molecule has 1 aromatic rings. The summed E-state index contributed by atoms with van der Waals surface area (Å²) in [6, 6.07) is 4.59. The van der Waals surface area contributed by atoms with Crippen LogP contribution in [0.15, 0.2) is 18.2 Å². The van der Waals surface area contributed by atoms with Gasteiger partial charge < -0.3 is 20.4 Å². The van der Waals surface area contributed by atoms with E-state index in [0.29, 0.717) is 19.3 Å². The number of urea groups is 1. The average molecular weight is 402 g/mol. The fourth-order valence-corrected chi connectivity index (χ4v) is 5.58. The van der Waals surface area contributed by atoms with Crippen LogP contribution in [0.4, 0.5) is 4.79 Å². The van der Waals surface area contributed by atoms with Crippen LogP contribution in [0.2, 0.25) is 0 Å². The number of hydrogen-bond acceptors (Lipinski definition) is 6. The van der Waals surface area contributed by atoms with E-state index >= 15 is 0 Å². The second kappa shape index (κ2) is 7.27. The minimum absolute atomic E-state index is 0.0192. The second-order valence-electron chi connectivity index (χ2n) is 8.89. The summed E-state index contributed by atoms with van der Waals surface area (Å²) in [4.78, 5) is 29.1.